The molecule has 0 fully saturated rings. The van der Waals surface area contributed by atoms with Crippen molar-refractivity contribution in [3.05, 3.63) is 57.5 Å². The van der Waals surface area contributed by atoms with Gasteiger partial charge in [0.2, 0.25) is 5.56 Å². The summed E-state index contributed by atoms with van der Waals surface area (Å²) < 4.78 is 0. The highest BCUT2D eigenvalue weighted by Crippen LogP contribution is 2.35. The van der Waals surface area contributed by atoms with E-state index in [4.69, 9.17) is 17.3 Å². The Hall–Kier alpha value is -2.33. The molecule has 0 amide bonds. The van der Waals surface area contributed by atoms with Gasteiger partial charge in [-0.25, -0.2) is 4.98 Å². The molecular weight excluding hydrogens is 286 g/mol. The topological polar surface area (TPSA) is 71.8 Å². The van der Waals surface area contributed by atoms with Gasteiger partial charge in [0.15, 0.2) is 0 Å². The minimum Gasteiger partial charge on any atom is -0.384 e. The Balaban J connectivity index is 2.41. The largest absolute Gasteiger partial charge is 0.384 e. The van der Waals surface area contributed by atoms with Crippen LogP contribution in [0.1, 0.15) is 12.6 Å². The Morgan fingerprint density at radius 2 is 1.95 bits per heavy atom. The van der Waals surface area contributed by atoms with Crippen molar-refractivity contribution in [3.63, 3.8) is 0 Å². The monoisotopic (exact) mass is 299 g/mol. The second kappa shape index (κ2) is 5.22. The van der Waals surface area contributed by atoms with Crippen molar-refractivity contribution in [2.45, 2.75) is 13.3 Å². The molecule has 1 aromatic carbocycles. The number of halogens is 1. The lowest BCUT2D eigenvalue weighted by Crippen LogP contribution is -2.04. The van der Waals surface area contributed by atoms with Gasteiger partial charge < -0.3 is 10.7 Å². The lowest BCUT2D eigenvalue weighted by atomic mass is 9.99. The molecule has 0 saturated heterocycles. The van der Waals surface area contributed by atoms with Crippen LogP contribution < -0.4 is 11.3 Å². The third-order valence-corrected chi connectivity index (χ3v) is 3.76. The van der Waals surface area contributed by atoms with Crippen LogP contribution in [-0.2, 0) is 6.42 Å². The second-order valence-corrected chi connectivity index (χ2v) is 5.20. The Morgan fingerprint density at radius 1 is 1.19 bits per heavy atom. The van der Waals surface area contributed by atoms with Crippen LogP contribution in [0.3, 0.4) is 0 Å². The Labute approximate surface area is 126 Å². The molecule has 0 unspecified atom stereocenters. The molecule has 0 atom stereocenters. The maximum Gasteiger partial charge on any atom is 0.248 e. The number of hydrogen-bond acceptors (Lipinski definition) is 3. The number of anilines is 1. The van der Waals surface area contributed by atoms with E-state index < -0.39 is 0 Å². The van der Waals surface area contributed by atoms with Gasteiger partial charge in [0.25, 0.3) is 0 Å². The SMILES string of the molecule is CCc1nc(N)ccc1-c1c(Cl)ccc2ccc(=O)[nH]c12. The molecule has 2 heterocycles. The molecule has 106 valence electrons. The van der Waals surface area contributed by atoms with Crippen LogP contribution in [0.5, 0.6) is 0 Å². The standard InChI is InChI=1S/C16H14ClN3O/c1-2-12-10(5-7-13(18)19-12)15-11(17)6-3-9-4-8-14(21)20-16(9)15/h3-8H,2H2,1H3,(H2,18,19)(H,20,21). The lowest BCUT2D eigenvalue weighted by Gasteiger charge is -2.12. The molecule has 0 spiro atoms. The summed E-state index contributed by atoms with van der Waals surface area (Å²) in [6.07, 6.45) is 0.726. The van der Waals surface area contributed by atoms with Crippen LogP contribution in [0, 0.1) is 0 Å². The van der Waals surface area contributed by atoms with Gasteiger partial charge in [-0.15, -0.1) is 0 Å². The Morgan fingerprint density at radius 3 is 2.71 bits per heavy atom. The van der Waals surface area contributed by atoms with E-state index in [9.17, 15) is 4.79 Å². The number of rotatable bonds is 2. The number of nitrogens with zero attached hydrogens (tertiary/aromatic N) is 1. The fraction of sp³-hybridized carbons (Fsp3) is 0.125. The van der Waals surface area contributed by atoms with Crippen LogP contribution >= 0.6 is 11.6 Å². The van der Waals surface area contributed by atoms with Gasteiger partial charge in [-0.3, -0.25) is 4.79 Å². The number of nitrogens with two attached hydrogens (primary N) is 1. The van der Waals surface area contributed by atoms with Crippen molar-refractivity contribution in [1.82, 2.24) is 9.97 Å². The summed E-state index contributed by atoms with van der Waals surface area (Å²) in [4.78, 5) is 18.9. The van der Waals surface area contributed by atoms with Crippen LogP contribution in [-0.4, -0.2) is 9.97 Å². The first-order chi connectivity index (χ1) is 10.1. The summed E-state index contributed by atoms with van der Waals surface area (Å²) in [6, 6.07) is 10.6. The Kier molecular flexibility index (Phi) is 3.39. The first kappa shape index (κ1) is 13.6. The molecule has 3 rings (SSSR count). The molecule has 3 aromatic rings. The van der Waals surface area contributed by atoms with E-state index in [0.717, 1.165) is 34.1 Å². The number of hydrogen-bond donors (Lipinski definition) is 2. The molecule has 2 aromatic heterocycles. The normalized spacial score (nSPS) is 11.0. The van der Waals surface area contributed by atoms with Crippen molar-refractivity contribution >= 4 is 28.3 Å². The third-order valence-electron chi connectivity index (χ3n) is 3.45. The second-order valence-electron chi connectivity index (χ2n) is 4.79. The maximum atomic E-state index is 11.7. The van der Waals surface area contributed by atoms with Gasteiger partial charge in [-0.1, -0.05) is 24.6 Å². The molecule has 5 heteroatoms. The number of fused-ring (bicyclic) bond motifs is 1. The van der Waals surface area contributed by atoms with Gasteiger partial charge in [0.05, 0.1) is 16.2 Å². The average molecular weight is 300 g/mol. The third kappa shape index (κ3) is 2.38. The maximum absolute atomic E-state index is 11.7. The van der Waals surface area contributed by atoms with Crippen LogP contribution in [0.15, 0.2) is 41.2 Å². The lowest BCUT2D eigenvalue weighted by molar-refractivity contribution is 1.04. The minimum absolute atomic E-state index is 0.160. The molecular formula is C16H14ClN3O. The van der Waals surface area contributed by atoms with Gasteiger partial charge in [0, 0.05) is 17.2 Å². The minimum atomic E-state index is -0.160. The highest BCUT2D eigenvalue weighted by molar-refractivity contribution is 6.35. The molecule has 21 heavy (non-hydrogen) atoms. The average Bonchev–Trinajstić information content (AvgIpc) is 2.47. The number of H-pyrrole nitrogens is 1. The molecule has 0 radical (unpaired) electrons. The van der Waals surface area contributed by atoms with Gasteiger partial charge in [-0.2, -0.15) is 0 Å². The van der Waals surface area contributed by atoms with Gasteiger partial charge in [-0.05, 0) is 36.1 Å². The summed E-state index contributed by atoms with van der Waals surface area (Å²) in [7, 11) is 0. The van der Waals surface area contributed by atoms with Crippen LogP contribution in [0.2, 0.25) is 5.02 Å². The van der Waals surface area contributed by atoms with E-state index in [1.54, 1.807) is 12.1 Å². The first-order valence-corrected chi connectivity index (χ1v) is 7.05. The van der Waals surface area contributed by atoms with Crippen LogP contribution in [0.4, 0.5) is 5.82 Å². The van der Waals surface area contributed by atoms with E-state index in [2.05, 4.69) is 9.97 Å². The summed E-state index contributed by atoms with van der Waals surface area (Å²) in [5.74, 6) is 0.473. The smallest absolute Gasteiger partial charge is 0.248 e. The number of benzene rings is 1. The predicted molar refractivity (Wildman–Crippen MR) is 86.6 cm³/mol. The molecule has 0 aliphatic heterocycles. The number of nitrogen functional groups attached to an aromatic ring is 1. The summed E-state index contributed by atoms with van der Waals surface area (Å²) in [5.41, 5.74) is 8.85. The van der Waals surface area contributed by atoms with E-state index >= 15 is 0 Å². The molecule has 0 saturated carbocycles. The zero-order valence-electron chi connectivity index (χ0n) is 11.5. The summed E-state index contributed by atoms with van der Waals surface area (Å²) >= 11 is 6.38. The summed E-state index contributed by atoms with van der Waals surface area (Å²) in [5, 5.41) is 1.50. The van der Waals surface area contributed by atoms with E-state index in [0.29, 0.717) is 10.8 Å². The summed E-state index contributed by atoms with van der Waals surface area (Å²) in [6.45, 7) is 2.01. The molecule has 3 N–H and O–H groups in total. The quantitative estimate of drug-likeness (QED) is 0.762. The van der Waals surface area contributed by atoms with Crippen LogP contribution in [0.25, 0.3) is 22.0 Å². The van der Waals surface area contributed by atoms with Crippen molar-refractivity contribution < 1.29 is 0 Å². The highest BCUT2D eigenvalue weighted by atomic mass is 35.5. The zero-order chi connectivity index (χ0) is 15.0. The fourth-order valence-electron chi connectivity index (χ4n) is 2.48. The number of aryl methyl sites for hydroxylation is 1. The van der Waals surface area contributed by atoms with Crippen molar-refractivity contribution in [1.29, 1.82) is 0 Å². The molecule has 0 bridgehead atoms. The fourth-order valence-corrected chi connectivity index (χ4v) is 2.74. The van der Waals surface area contributed by atoms with Crippen molar-refractivity contribution in [2.75, 3.05) is 5.73 Å². The molecule has 0 aliphatic rings. The number of pyridine rings is 2. The van der Waals surface area contributed by atoms with Crippen molar-refractivity contribution in [2.24, 2.45) is 0 Å². The number of aromatic nitrogens is 2. The van der Waals surface area contributed by atoms with E-state index in [1.165, 1.54) is 6.07 Å². The molecule has 0 aliphatic carbocycles. The molecule has 4 nitrogen and oxygen atoms in total. The van der Waals surface area contributed by atoms with E-state index in [-0.39, 0.29) is 5.56 Å². The number of nitrogens with one attached hydrogen (secondary N) is 1. The van der Waals surface area contributed by atoms with E-state index in [1.807, 2.05) is 25.1 Å². The first-order valence-electron chi connectivity index (χ1n) is 6.67. The number of aromatic amines is 1. The van der Waals surface area contributed by atoms with Gasteiger partial charge in [0.1, 0.15) is 5.82 Å². The zero-order valence-corrected chi connectivity index (χ0v) is 12.2. The Bertz CT molecular complexity index is 886. The van der Waals surface area contributed by atoms with Crippen molar-refractivity contribution in [3.8, 4) is 11.1 Å². The predicted octanol–water partition coefficient (Wildman–Crippen LogP) is 3.39. The van der Waals surface area contributed by atoms with Gasteiger partial charge >= 0.3 is 0 Å². The highest BCUT2D eigenvalue weighted by Gasteiger charge is 2.14.